The summed E-state index contributed by atoms with van der Waals surface area (Å²) in [5.74, 6) is -0.254. The third-order valence-electron chi connectivity index (χ3n) is 3.21. The Balaban J connectivity index is 2.39. The minimum atomic E-state index is -0.254. The summed E-state index contributed by atoms with van der Waals surface area (Å²) in [7, 11) is 4.20. The highest BCUT2D eigenvalue weighted by Gasteiger charge is 2.27. The van der Waals surface area contributed by atoms with Crippen LogP contribution in [0, 0.1) is 0 Å². The van der Waals surface area contributed by atoms with Crippen molar-refractivity contribution in [1.82, 2.24) is 15.1 Å². The van der Waals surface area contributed by atoms with Gasteiger partial charge in [0, 0.05) is 19.1 Å². The number of carbonyl (C=O) groups excluding carboxylic acids is 1. The van der Waals surface area contributed by atoms with Gasteiger partial charge in [-0.05, 0) is 33.6 Å². The second kappa shape index (κ2) is 6.18. The monoisotopic (exact) mass is 228 g/mol. The number of rotatable bonds is 6. The van der Waals surface area contributed by atoms with Gasteiger partial charge in [-0.1, -0.05) is 6.92 Å². The highest BCUT2D eigenvalue weighted by atomic mass is 16.1. The Hall–Kier alpha value is -0.650. The van der Waals surface area contributed by atoms with Gasteiger partial charge in [0.15, 0.2) is 0 Å². The molecule has 2 atom stereocenters. The van der Waals surface area contributed by atoms with Gasteiger partial charge in [0.05, 0.1) is 6.04 Å². The van der Waals surface area contributed by atoms with Crippen molar-refractivity contribution in [1.29, 1.82) is 0 Å². The van der Waals surface area contributed by atoms with Crippen LogP contribution in [-0.2, 0) is 4.79 Å². The summed E-state index contributed by atoms with van der Waals surface area (Å²) in [6, 6.07) is 0.390. The molecule has 0 aliphatic carbocycles. The lowest BCUT2D eigenvalue weighted by molar-refractivity contribution is -0.120. The van der Waals surface area contributed by atoms with Crippen LogP contribution in [0.15, 0.2) is 0 Å². The number of hydrogen-bond donors (Lipinski definition) is 2. The first kappa shape index (κ1) is 13.4. The first-order valence-corrected chi connectivity index (χ1v) is 5.96. The molecule has 0 saturated carbocycles. The number of nitrogens with two attached hydrogens (primary N) is 1. The minimum Gasteiger partial charge on any atom is -0.368 e. The van der Waals surface area contributed by atoms with E-state index in [2.05, 4.69) is 29.2 Å². The lowest BCUT2D eigenvalue weighted by Gasteiger charge is -2.23. The van der Waals surface area contributed by atoms with E-state index >= 15 is 0 Å². The van der Waals surface area contributed by atoms with Gasteiger partial charge in [-0.25, -0.2) is 0 Å². The summed E-state index contributed by atoms with van der Waals surface area (Å²) < 4.78 is 0. The van der Waals surface area contributed by atoms with Crippen LogP contribution in [0.1, 0.15) is 13.3 Å². The molecular formula is C11H24N4O. The predicted molar refractivity (Wildman–Crippen MR) is 65.2 cm³/mol. The maximum Gasteiger partial charge on any atom is 0.235 e. The van der Waals surface area contributed by atoms with Crippen LogP contribution in [0.4, 0.5) is 0 Å². The van der Waals surface area contributed by atoms with Crippen LogP contribution in [0.25, 0.3) is 0 Å². The zero-order valence-corrected chi connectivity index (χ0v) is 10.6. The number of amides is 1. The van der Waals surface area contributed by atoms with Gasteiger partial charge in [-0.3, -0.25) is 9.69 Å². The number of nitrogens with zero attached hydrogens (tertiary/aromatic N) is 2. The Kier molecular flexibility index (Phi) is 5.18. The average Bonchev–Trinajstić information content (AvgIpc) is 2.65. The van der Waals surface area contributed by atoms with Gasteiger partial charge < -0.3 is 16.0 Å². The van der Waals surface area contributed by atoms with Crippen molar-refractivity contribution >= 4 is 5.91 Å². The highest BCUT2D eigenvalue weighted by Crippen LogP contribution is 2.13. The first-order valence-electron chi connectivity index (χ1n) is 5.96. The van der Waals surface area contributed by atoms with E-state index in [1.54, 1.807) is 0 Å². The maximum absolute atomic E-state index is 11.2. The van der Waals surface area contributed by atoms with Crippen molar-refractivity contribution in [3.63, 3.8) is 0 Å². The largest absolute Gasteiger partial charge is 0.368 e. The first-order chi connectivity index (χ1) is 7.54. The molecule has 5 heteroatoms. The molecule has 1 aliphatic rings. The zero-order chi connectivity index (χ0) is 12.1. The Bertz CT molecular complexity index is 232. The summed E-state index contributed by atoms with van der Waals surface area (Å²) in [6.45, 7) is 5.58. The molecule has 1 aliphatic heterocycles. The van der Waals surface area contributed by atoms with E-state index in [0.717, 1.165) is 26.2 Å². The summed E-state index contributed by atoms with van der Waals surface area (Å²) in [5.41, 5.74) is 5.36. The van der Waals surface area contributed by atoms with Gasteiger partial charge in [-0.2, -0.15) is 0 Å². The van der Waals surface area contributed by atoms with Crippen molar-refractivity contribution in [3.8, 4) is 0 Å². The van der Waals surface area contributed by atoms with Crippen LogP contribution in [0.3, 0.4) is 0 Å². The Labute approximate surface area is 98.0 Å². The molecule has 0 aromatic rings. The van der Waals surface area contributed by atoms with Crippen molar-refractivity contribution < 1.29 is 4.79 Å². The molecule has 1 saturated heterocycles. The molecule has 94 valence electrons. The summed E-state index contributed by atoms with van der Waals surface area (Å²) in [6.07, 6.45) is 1.17. The van der Waals surface area contributed by atoms with Gasteiger partial charge in [-0.15, -0.1) is 0 Å². The number of primary amides is 1. The van der Waals surface area contributed by atoms with Crippen LogP contribution in [0.2, 0.25) is 0 Å². The summed E-state index contributed by atoms with van der Waals surface area (Å²) in [4.78, 5) is 15.8. The standard InChI is InChI=1S/C11H24N4O/c1-4-13-10(11(12)16)8-15-6-5-9(7-15)14(2)3/h9-10,13H,4-8H2,1-3H3,(H2,12,16). The van der Waals surface area contributed by atoms with Gasteiger partial charge in [0.1, 0.15) is 0 Å². The molecule has 1 heterocycles. The normalized spacial score (nSPS) is 23.9. The molecule has 0 spiro atoms. The van der Waals surface area contributed by atoms with E-state index in [4.69, 9.17) is 5.73 Å². The molecule has 0 aromatic heterocycles. The number of nitrogens with one attached hydrogen (secondary N) is 1. The molecule has 1 amide bonds. The topological polar surface area (TPSA) is 61.6 Å². The van der Waals surface area contributed by atoms with Gasteiger partial charge >= 0.3 is 0 Å². The zero-order valence-electron chi connectivity index (χ0n) is 10.6. The van der Waals surface area contributed by atoms with E-state index < -0.39 is 0 Å². The Morgan fingerprint density at radius 2 is 2.31 bits per heavy atom. The molecule has 0 aromatic carbocycles. The third-order valence-corrected chi connectivity index (χ3v) is 3.21. The highest BCUT2D eigenvalue weighted by molar-refractivity contribution is 5.80. The summed E-state index contributed by atoms with van der Waals surface area (Å²) in [5, 5.41) is 3.12. The Morgan fingerprint density at radius 3 is 2.75 bits per heavy atom. The second-order valence-corrected chi connectivity index (χ2v) is 4.68. The predicted octanol–water partition coefficient (Wildman–Crippen LogP) is -0.914. The third kappa shape index (κ3) is 3.73. The molecule has 0 bridgehead atoms. The fourth-order valence-corrected chi connectivity index (χ4v) is 2.16. The van der Waals surface area contributed by atoms with Gasteiger partial charge in [0.2, 0.25) is 5.91 Å². The number of likely N-dealkylation sites (N-methyl/N-ethyl adjacent to an activating group) is 2. The fourth-order valence-electron chi connectivity index (χ4n) is 2.16. The molecule has 1 fully saturated rings. The lowest BCUT2D eigenvalue weighted by atomic mass is 10.2. The van der Waals surface area contributed by atoms with Crippen LogP contribution >= 0.6 is 0 Å². The number of carbonyl (C=O) groups is 1. The molecule has 0 radical (unpaired) electrons. The Morgan fingerprint density at radius 1 is 1.62 bits per heavy atom. The maximum atomic E-state index is 11.2. The van der Waals surface area contributed by atoms with E-state index in [9.17, 15) is 4.79 Å². The van der Waals surface area contributed by atoms with E-state index in [1.165, 1.54) is 6.42 Å². The number of likely N-dealkylation sites (tertiary alicyclic amines) is 1. The summed E-state index contributed by atoms with van der Waals surface area (Å²) >= 11 is 0. The van der Waals surface area contributed by atoms with Gasteiger partial charge in [0.25, 0.3) is 0 Å². The average molecular weight is 228 g/mol. The molecule has 16 heavy (non-hydrogen) atoms. The van der Waals surface area contributed by atoms with E-state index in [0.29, 0.717) is 6.04 Å². The van der Waals surface area contributed by atoms with E-state index in [-0.39, 0.29) is 11.9 Å². The molecule has 5 nitrogen and oxygen atoms in total. The number of hydrogen-bond acceptors (Lipinski definition) is 4. The second-order valence-electron chi connectivity index (χ2n) is 4.68. The van der Waals surface area contributed by atoms with Crippen LogP contribution in [0.5, 0.6) is 0 Å². The van der Waals surface area contributed by atoms with Crippen molar-refractivity contribution in [2.75, 3.05) is 40.3 Å². The van der Waals surface area contributed by atoms with Crippen molar-refractivity contribution in [2.45, 2.75) is 25.4 Å². The fraction of sp³-hybridized carbons (Fsp3) is 0.909. The van der Waals surface area contributed by atoms with Crippen LogP contribution < -0.4 is 11.1 Å². The molecular weight excluding hydrogens is 204 g/mol. The van der Waals surface area contributed by atoms with E-state index in [1.807, 2.05) is 6.92 Å². The quantitative estimate of drug-likeness (QED) is 0.617. The smallest absolute Gasteiger partial charge is 0.235 e. The molecule has 1 rings (SSSR count). The molecule has 3 N–H and O–H groups in total. The minimum absolute atomic E-state index is 0.217. The lowest BCUT2D eigenvalue weighted by Crippen LogP contribution is -2.49. The van der Waals surface area contributed by atoms with Crippen molar-refractivity contribution in [3.05, 3.63) is 0 Å². The molecule has 2 unspecified atom stereocenters. The van der Waals surface area contributed by atoms with Crippen molar-refractivity contribution in [2.24, 2.45) is 5.73 Å². The SMILES string of the molecule is CCNC(CN1CCC(N(C)C)C1)C(N)=O. The van der Waals surface area contributed by atoms with Crippen LogP contribution in [-0.4, -0.2) is 68.1 Å².